The monoisotopic (exact) mass is 187 g/mol. The molecule has 1 atom stereocenters. The number of hydrogen-bond acceptors (Lipinski definition) is 5. The molecule has 0 saturated carbocycles. The molecule has 0 bridgehead atoms. The first-order chi connectivity index (χ1) is 5.79. The topological polar surface area (TPSA) is 63.8 Å². The van der Waals surface area contributed by atoms with Crippen molar-refractivity contribution in [3.8, 4) is 0 Å². The average molecular weight is 187 g/mol. The second-order valence-corrected chi connectivity index (χ2v) is 2.91. The van der Waals surface area contributed by atoms with E-state index in [0.717, 1.165) is 0 Å². The van der Waals surface area contributed by atoms with Crippen molar-refractivity contribution in [1.82, 2.24) is 20.2 Å². The molecule has 0 aromatic carbocycles. The van der Waals surface area contributed by atoms with Crippen molar-refractivity contribution in [3.63, 3.8) is 0 Å². The Hall–Kier alpha value is -0.620. The summed E-state index contributed by atoms with van der Waals surface area (Å²) < 4.78 is 1.53. The van der Waals surface area contributed by atoms with E-state index in [9.17, 15) is 0 Å². The molecule has 5 nitrogen and oxygen atoms in total. The van der Waals surface area contributed by atoms with Crippen molar-refractivity contribution < 1.29 is 5.11 Å². The van der Waals surface area contributed by atoms with Gasteiger partial charge < -0.3 is 5.11 Å². The molecule has 67 valence electrons. The van der Waals surface area contributed by atoms with Gasteiger partial charge in [0.1, 0.15) is 0 Å². The van der Waals surface area contributed by atoms with Crippen molar-refractivity contribution in [2.75, 3.05) is 6.61 Å². The lowest BCUT2D eigenvalue weighted by Gasteiger charge is -2.06. The molecule has 1 unspecified atom stereocenters. The van der Waals surface area contributed by atoms with Crippen molar-refractivity contribution in [3.05, 3.63) is 12.7 Å². The standard InChI is InChI=1S/C6H11N4OS/c1-2-5(12)6-7-8-9-10(6)3-4-11/h5,11-12H,1-4H2. The molecule has 0 aliphatic carbocycles. The Morgan fingerprint density at radius 3 is 3.00 bits per heavy atom. The fraction of sp³-hybridized carbons (Fsp3) is 0.667. The van der Waals surface area contributed by atoms with Crippen LogP contribution in [0.1, 0.15) is 17.5 Å². The van der Waals surface area contributed by atoms with E-state index in [0.29, 0.717) is 18.8 Å². The van der Waals surface area contributed by atoms with Crippen molar-refractivity contribution >= 4 is 12.6 Å². The normalized spacial score (nSPS) is 13.2. The van der Waals surface area contributed by atoms with Crippen LogP contribution in [-0.4, -0.2) is 31.9 Å². The number of rotatable bonds is 4. The molecule has 0 amide bonds. The zero-order valence-corrected chi connectivity index (χ0v) is 7.48. The quantitative estimate of drug-likeness (QED) is 0.644. The summed E-state index contributed by atoms with van der Waals surface area (Å²) in [4.78, 5) is 0. The summed E-state index contributed by atoms with van der Waals surface area (Å²) in [7, 11) is 0. The summed E-state index contributed by atoms with van der Waals surface area (Å²) in [6, 6.07) is 0. The lowest BCUT2D eigenvalue weighted by Crippen LogP contribution is -2.10. The Kier molecular flexibility index (Phi) is 3.48. The highest BCUT2D eigenvalue weighted by Crippen LogP contribution is 2.19. The van der Waals surface area contributed by atoms with Crippen LogP contribution in [0.5, 0.6) is 0 Å². The van der Waals surface area contributed by atoms with Crippen molar-refractivity contribution in [1.29, 1.82) is 0 Å². The molecule has 1 radical (unpaired) electrons. The first kappa shape index (κ1) is 9.47. The van der Waals surface area contributed by atoms with Crippen LogP contribution in [0.4, 0.5) is 0 Å². The highest BCUT2D eigenvalue weighted by atomic mass is 32.1. The average Bonchev–Trinajstić information content (AvgIpc) is 2.52. The molecule has 0 fully saturated rings. The number of aromatic nitrogens is 4. The zero-order valence-electron chi connectivity index (χ0n) is 6.59. The van der Waals surface area contributed by atoms with Crippen molar-refractivity contribution in [2.45, 2.75) is 18.2 Å². The maximum Gasteiger partial charge on any atom is 0.164 e. The van der Waals surface area contributed by atoms with Gasteiger partial charge in [-0.25, -0.2) is 4.68 Å². The minimum absolute atomic E-state index is 0.0235. The minimum Gasteiger partial charge on any atom is -0.394 e. The van der Waals surface area contributed by atoms with E-state index in [1.165, 1.54) is 4.68 Å². The van der Waals surface area contributed by atoms with Crippen LogP contribution < -0.4 is 0 Å². The van der Waals surface area contributed by atoms with Crippen LogP contribution in [0.15, 0.2) is 0 Å². The molecule has 0 aliphatic heterocycles. The molecule has 1 N–H and O–H groups in total. The van der Waals surface area contributed by atoms with Gasteiger partial charge in [0.2, 0.25) is 0 Å². The molecule has 0 aliphatic rings. The highest BCUT2D eigenvalue weighted by molar-refractivity contribution is 7.80. The second kappa shape index (κ2) is 4.42. The molecular formula is C6H11N4OS. The van der Waals surface area contributed by atoms with E-state index in [2.05, 4.69) is 35.1 Å². The van der Waals surface area contributed by atoms with Crippen LogP contribution in [-0.2, 0) is 6.54 Å². The molecule has 12 heavy (non-hydrogen) atoms. The van der Waals surface area contributed by atoms with Crippen LogP contribution in [0.25, 0.3) is 0 Å². The van der Waals surface area contributed by atoms with E-state index in [1.807, 2.05) is 0 Å². The van der Waals surface area contributed by atoms with Crippen LogP contribution >= 0.6 is 12.6 Å². The van der Waals surface area contributed by atoms with Crippen LogP contribution in [0, 0.1) is 6.92 Å². The first-order valence-electron chi connectivity index (χ1n) is 3.63. The van der Waals surface area contributed by atoms with Gasteiger partial charge in [-0.05, 0) is 16.8 Å². The molecule has 1 heterocycles. The number of tetrazole rings is 1. The summed E-state index contributed by atoms with van der Waals surface area (Å²) in [5.41, 5.74) is 0. The third-order valence-corrected chi connectivity index (χ3v) is 1.93. The number of aliphatic hydroxyl groups is 1. The second-order valence-electron chi connectivity index (χ2n) is 2.29. The van der Waals surface area contributed by atoms with Gasteiger partial charge in [-0.1, -0.05) is 6.92 Å². The summed E-state index contributed by atoms with van der Waals surface area (Å²) in [6.07, 6.45) is 0.620. The Morgan fingerprint density at radius 1 is 1.67 bits per heavy atom. The van der Waals surface area contributed by atoms with E-state index in [-0.39, 0.29) is 11.9 Å². The summed E-state index contributed by atoms with van der Waals surface area (Å²) in [6.45, 7) is 4.12. The van der Waals surface area contributed by atoms with E-state index in [1.54, 1.807) is 0 Å². The largest absolute Gasteiger partial charge is 0.394 e. The Bertz CT molecular complexity index is 239. The van der Waals surface area contributed by atoms with Crippen LogP contribution in [0.2, 0.25) is 0 Å². The fourth-order valence-electron chi connectivity index (χ4n) is 0.833. The minimum atomic E-state index is -0.0634. The highest BCUT2D eigenvalue weighted by Gasteiger charge is 2.12. The molecule has 1 rings (SSSR count). The summed E-state index contributed by atoms with van der Waals surface area (Å²) in [5, 5.41) is 19.6. The molecule has 0 spiro atoms. The maximum absolute atomic E-state index is 8.66. The molecular weight excluding hydrogens is 176 g/mol. The van der Waals surface area contributed by atoms with Gasteiger partial charge in [-0.2, -0.15) is 12.6 Å². The van der Waals surface area contributed by atoms with Gasteiger partial charge in [-0.3, -0.25) is 0 Å². The van der Waals surface area contributed by atoms with E-state index >= 15 is 0 Å². The van der Waals surface area contributed by atoms with E-state index in [4.69, 9.17) is 5.11 Å². The number of hydrogen-bond donors (Lipinski definition) is 2. The third kappa shape index (κ3) is 1.95. The van der Waals surface area contributed by atoms with Gasteiger partial charge in [-0.15, -0.1) is 5.10 Å². The Morgan fingerprint density at radius 2 is 2.42 bits per heavy atom. The molecule has 0 saturated heterocycles. The predicted octanol–water partition coefficient (Wildman–Crippen LogP) is -0.140. The summed E-state index contributed by atoms with van der Waals surface area (Å²) >= 11 is 4.24. The predicted molar refractivity (Wildman–Crippen MR) is 46.6 cm³/mol. The third-order valence-electron chi connectivity index (χ3n) is 1.44. The molecule has 1 aromatic heterocycles. The van der Waals surface area contributed by atoms with E-state index < -0.39 is 0 Å². The smallest absolute Gasteiger partial charge is 0.164 e. The molecule has 6 heteroatoms. The maximum atomic E-state index is 8.66. The number of aliphatic hydroxyl groups excluding tert-OH is 1. The van der Waals surface area contributed by atoms with Gasteiger partial charge >= 0.3 is 0 Å². The van der Waals surface area contributed by atoms with Crippen LogP contribution in [0.3, 0.4) is 0 Å². The lowest BCUT2D eigenvalue weighted by molar-refractivity contribution is 0.265. The fourth-order valence-corrected chi connectivity index (χ4v) is 1.02. The van der Waals surface area contributed by atoms with Gasteiger partial charge in [0.15, 0.2) is 5.82 Å². The molecule has 1 aromatic rings. The summed E-state index contributed by atoms with van der Waals surface area (Å²) in [5.74, 6) is 0.655. The Labute approximate surface area is 76.2 Å². The zero-order chi connectivity index (χ0) is 8.97. The first-order valence-corrected chi connectivity index (χ1v) is 4.15. The lowest BCUT2D eigenvalue weighted by atomic mass is 10.3. The van der Waals surface area contributed by atoms with Gasteiger partial charge in [0.25, 0.3) is 0 Å². The number of nitrogens with zero attached hydrogens (tertiary/aromatic N) is 4. The number of thiol groups is 1. The SMILES string of the molecule is [CH2]CC(S)c1nnnn1CCO. The Balaban J connectivity index is 2.76. The van der Waals surface area contributed by atoms with Gasteiger partial charge in [0, 0.05) is 0 Å². The van der Waals surface area contributed by atoms with Gasteiger partial charge in [0.05, 0.1) is 18.4 Å². The van der Waals surface area contributed by atoms with Crippen molar-refractivity contribution in [2.24, 2.45) is 0 Å².